The van der Waals surface area contributed by atoms with E-state index >= 15 is 0 Å². The number of hydrogen-bond donors (Lipinski definition) is 3. The quantitative estimate of drug-likeness (QED) is 0.537. The molecule has 184 valence electrons. The van der Waals surface area contributed by atoms with E-state index in [1.54, 1.807) is 20.8 Å². The van der Waals surface area contributed by atoms with Crippen LogP contribution in [0.3, 0.4) is 0 Å². The highest BCUT2D eigenvalue weighted by Crippen LogP contribution is 2.45. The Hall–Kier alpha value is -2.42. The zero-order valence-electron chi connectivity index (χ0n) is 20.1. The summed E-state index contributed by atoms with van der Waals surface area (Å²) in [5, 5.41) is 15.8. The van der Waals surface area contributed by atoms with Gasteiger partial charge in [-0.3, -0.25) is 14.4 Å². The van der Waals surface area contributed by atoms with Gasteiger partial charge in [0.2, 0.25) is 11.8 Å². The highest BCUT2D eigenvalue weighted by atomic mass is 16.6. The van der Waals surface area contributed by atoms with Gasteiger partial charge < -0.3 is 25.4 Å². The molecule has 3 amide bonds. The van der Waals surface area contributed by atoms with Crippen molar-refractivity contribution in [3.8, 4) is 0 Å². The lowest BCUT2D eigenvalue weighted by Gasteiger charge is -2.30. The van der Waals surface area contributed by atoms with Crippen molar-refractivity contribution >= 4 is 23.7 Å². The molecule has 0 bridgehead atoms. The largest absolute Gasteiger partial charge is 0.444 e. The highest BCUT2D eigenvalue weighted by Gasteiger charge is 2.58. The summed E-state index contributed by atoms with van der Waals surface area (Å²) in [4.78, 5) is 52.7. The van der Waals surface area contributed by atoms with Crippen LogP contribution in [0.4, 0.5) is 4.79 Å². The van der Waals surface area contributed by atoms with E-state index in [0.717, 1.165) is 19.3 Å². The van der Waals surface area contributed by atoms with Crippen LogP contribution in [0, 0.1) is 5.92 Å². The van der Waals surface area contributed by atoms with E-state index in [1.165, 1.54) is 11.8 Å². The molecule has 1 saturated heterocycles. The second-order valence-electron chi connectivity index (χ2n) is 10.5. The van der Waals surface area contributed by atoms with Crippen LogP contribution in [0.15, 0.2) is 12.2 Å². The molecule has 2 heterocycles. The van der Waals surface area contributed by atoms with Crippen molar-refractivity contribution < 1.29 is 29.0 Å². The smallest absolute Gasteiger partial charge is 0.408 e. The third-order valence-electron chi connectivity index (χ3n) is 6.58. The average Bonchev–Trinajstić information content (AvgIpc) is 3.25. The predicted molar refractivity (Wildman–Crippen MR) is 121 cm³/mol. The Morgan fingerprint density at radius 1 is 1.24 bits per heavy atom. The number of ketones is 1. The van der Waals surface area contributed by atoms with Crippen LogP contribution in [0.2, 0.25) is 0 Å². The summed E-state index contributed by atoms with van der Waals surface area (Å²) >= 11 is 0. The number of hydrogen-bond acceptors (Lipinski definition) is 6. The fourth-order valence-electron chi connectivity index (χ4n) is 4.72. The van der Waals surface area contributed by atoms with E-state index in [1.807, 2.05) is 12.2 Å². The van der Waals surface area contributed by atoms with Crippen LogP contribution in [-0.2, 0) is 19.1 Å². The van der Waals surface area contributed by atoms with E-state index in [2.05, 4.69) is 10.6 Å². The number of aliphatic hydroxyl groups is 1. The molecule has 0 aromatic rings. The van der Waals surface area contributed by atoms with Crippen molar-refractivity contribution in [3.05, 3.63) is 12.2 Å². The topological polar surface area (TPSA) is 125 Å². The fourth-order valence-corrected chi connectivity index (χ4v) is 4.72. The zero-order chi connectivity index (χ0) is 24.4. The number of carbonyl (C=O) groups is 4. The number of aliphatic hydroxyl groups excluding tert-OH is 1. The van der Waals surface area contributed by atoms with Gasteiger partial charge >= 0.3 is 6.09 Å². The number of rotatable bonds is 2. The Labute approximate surface area is 195 Å². The maximum atomic E-state index is 13.4. The van der Waals surface area contributed by atoms with E-state index in [9.17, 15) is 24.3 Å². The minimum absolute atomic E-state index is 0.000177. The van der Waals surface area contributed by atoms with E-state index in [4.69, 9.17) is 4.74 Å². The molecule has 0 aromatic carbocycles. The molecule has 3 aliphatic rings. The number of nitrogens with one attached hydrogen (secondary N) is 2. The molecule has 0 unspecified atom stereocenters. The Kier molecular flexibility index (Phi) is 7.51. The summed E-state index contributed by atoms with van der Waals surface area (Å²) in [7, 11) is 0. The first-order chi connectivity index (χ1) is 15.4. The van der Waals surface area contributed by atoms with Crippen LogP contribution >= 0.6 is 0 Å². The molecule has 9 nitrogen and oxygen atoms in total. The SMILES string of the molecule is CC(=O)[C@@]12C[C@H]1/C=C\CCCCC[C@H](NC(=O)OC(C)(C)C)C(=O)N1C[C@@H](O)C[C@H]1C(=O)N2. The van der Waals surface area contributed by atoms with Crippen molar-refractivity contribution in [1.82, 2.24) is 15.5 Å². The van der Waals surface area contributed by atoms with E-state index in [0.29, 0.717) is 19.3 Å². The highest BCUT2D eigenvalue weighted by molar-refractivity contribution is 5.98. The molecule has 3 N–H and O–H groups in total. The third-order valence-corrected chi connectivity index (χ3v) is 6.58. The summed E-state index contributed by atoms with van der Waals surface area (Å²) in [6, 6.07) is -1.77. The molecule has 2 aliphatic heterocycles. The fraction of sp³-hybridized carbons (Fsp3) is 0.750. The van der Waals surface area contributed by atoms with Gasteiger partial charge in [-0.25, -0.2) is 4.79 Å². The lowest BCUT2D eigenvalue weighted by atomic mass is 10.0. The normalized spacial score (nSPS) is 34.2. The molecule has 1 aliphatic carbocycles. The summed E-state index contributed by atoms with van der Waals surface area (Å²) in [5.74, 6) is -1.04. The minimum atomic E-state index is -0.940. The second-order valence-corrected chi connectivity index (χ2v) is 10.5. The first kappa shape index (κ1) is 25.2. The van der Waals surface area contributed by atoms with Crippen molar-refractivity contribution in [1.29, 1.82) is 0 Å². The zero-order valence-corrected chi connectivity index (χ0v) is 20.1. The molecular formula is C24H37N3O6. The van der Waals surface area contributed by atoms with Crippen molar-refractivity contribution in [2.75, 3.05) is 6.54 Å². The first-order valence-electron chi connectivity index (χ1n) is 11.9. The monoisotopic (exact) mass is 463 g/mol. The van der Waals surface area contributed by atoms with Crippen LogP contribution in [0.25, 0.3) is 0 Å². The summed E-state index contributed by atoms with van der Waals surface area (Å²) in [6.07, 6.45) is 6.88. The Morgan fingerprint density at radius 2 is 1.97 bits per heavy atom. The molecule has 0 aromatic heterocycles. The number of amides is 3. The Morgan fingerprint density at radius 3 is 2.64 bits per heavy atom. The Balaban J connectivity index is 1.83. The molecule has 0 radical (unpaired) electrons. The number of carbonyl (C=O) groups excluding carboxylic acids is 4. The van der Waals surface area contributed by atoms with Gasteiger partial charge in [-0.15, -0.1) is 0 Å². The molecule has 1 saturated carbocycles. The predicted octanol–water partition coefficient (Wildman–Crippen LogP) is 1.83. The maximum absolute atomic E-state index is 13.4. The number of Topliss-reactive ketones (excluding diaryl/α,β-unsaturated/α-hetero) is 1. The number of alkyl carbamates (subject to hydrolysis) is 1. The molecule has 9 heteroatoms. The van der Waals surface area contributed by atoms with Gasteiger partial charge in [0.05, 0.1) is 6.10 Å². The van der Waals surface area contributed by atoms with Crippen molar-refractivity contribution in [2.24, 2.45) is 5.92 Å². The summed E-state index contributed by atoms with van der Waals surface area (Å²) in [6.45, 7) is 6.69. The van der Waals surface area contributed by atoms with Gasteiger partial charge in [-0.2, -0.15) is 0 Å². The average molecular weight is 464 g/mol. The van der Waals surface area contributed by atoms with Gasteiger partial charge in [0, 0.05) is 18.9 Å². The van der Waals surface area contributed by atoms with Crippen LogP contribution < -0.4 is 10.6 Å². The maximum Gasteiger partial charge on any atom is 0.408 e. The number of allylic oxidation sites excluding steroid dienone is 1. The summed E-state index contributed by atoms with van der Waals surface area (Å²) in [5.41, 5.74) is -1.66. The molecule has 0 spiro atoms. The number of ether oxygens (including phenoxy) is 1. The lowest BCUT2D eigenvalue weighted by Crippen LogP contribution is -2.56. The lowest BCUT2D eigenvalue weighted by molar-refractivity contribution is -0.141. The van der Waals surface area contributed by atoms with Gasteiger partial charge in [0.25, 0.3) is 0 Å². The third kappa shape index (κ3) is 6.13. The van der Waals surface area contributed by atoms with Crippen molar-refractivity contribution in [2.45, 2.75) is 102 Å². The number of fused-ring (bicyclic) bond motifs is 2. The van der Waals surface area contributed by atoms with Gasteiger partial charge in [-0.1, -0.05) is 25.0 Å². The van der Waals surface area contributed by atoms with E-state index < -0.39 is 47.2 Å². The molecule has 33 heavy (non-hydrogen) atoms. The molecule has 3 rings (SSSR count). The van der Waals surface area contributed by atoms with Gasteiger partial charge in [-0.05, 0) is 53.4 Å². The van der Waals surface area contributed by atoms with Crippen LogP contribution in [0.5, 0.6) is 0 Å². The first-order valence-corrected chi connectivity index (χ1v) is 11.9. The Bertz CT molecular complexity index is 820. The van der Waals surface area contributed by atoms with Gasteiger partial charge in [0.15, 0.2) is 5.78 Å². The minimum Gasteiger partial charge on any atom is -0.444 e. The molecule has 5 atom stereocenters. The summed E-state index contributed by atoms with van der Waals surface area (Å²) < 4.78 is 5.33. The molecular weight excluding hydrogens is 426 g/mol. The number of nitrogens with zero attached hydrogens (tertiary/aromatic N) is 1. The standard InChI is InChI=1S/C24H37N3O6/c1-15(28)24-13-16(24)10-8-6-5-7-9-11-18(25-22(32)33-23(2,3)4)21(31)27-14-17(29)12-19(27)20(30)26-24/h8,10,16-19,29H,5-7,9,11-14H2,1-4H3,(H,25,32)(H,26,30)/b10-8-/t16-,17+,18+,19+,24+/m1/s1. The van der Waals surface area contributed by atoms with E-state index in [-0.39, 0.29) is 24.7 Å². The van der Waals surface area contributed by atoms with Crippen molar-refractivity contribution in [3.63, 3.8) is 0 Å². The molecule has 2 fully saturated rings. The second kappa shape index (κ2) is 9.83. The van der Waals surface area contributed by atoms with Crippen LogP contribution in [-0.4, -0.2) is 69.6 Å². The van der Waals surface area contributed by atoms with Crippen LogP contribution in [0.1, 0.15) is 72.6 Å². The van der Waals surface area contributed by atoms with Gasteiger partial charge in [0.1, 0.15) is 23.2 Å².